The Hall–Kier alpha value is -0.610. The van der Waals surface area contributed by atoms with Gasteiger partial charge in [-0.15, -0.1) is 0 Å². The summed E-state index contributed by atoms with van der Waals surface area (Å²) in [5, 5.41) is 2.82. The van der Waals surface area contributed by atoms with Gasteiger partial charge in [-0.2, -0.15) is 0 Å². The van der Waals surface area contributed by atoms with Gasteiger partial charge < -0.3 is 14.8 Å². The molecule has 0 spiro atoms. The summed E-state index contributed by atoms with van der Waals surface area (Å²) in [6.45, 7) is 10.7. The molecule has 0 rings (SSSR count). The zero-order valence-corrected chi connectivity index (χ0v) is 11.6. The Labute approximate surface area is 107 Å². The molecule has 0 bridgehead atoms. The number of ether oxygens (including phenoxy) is 2. The lowest BCUT2D eigenvalue weighted by atomic mass is 10.1. The molecule has 1 N–H and O–H groups in total. The molecule has 0 aromatic heterocycles. The lowest BCUT2D eigenvalue weighted by Crippen LogP contribution is -2.30. The second kappa shape index (κ2) is 10.5. The molecule has 0 aromatic rings. The van der Waals surface area contributed by atoms with E-state index in [4.69, 9.17) is 9.47 Å². The minimum atomic E-state index is 0. The number of hydrogen-bond acceptors (Lipinski definition) is 3. The first-order valence-corrected chi connectivity index (χ1v) is 6.47. The van der Waals surface area contributed by atoms with Gasteiger partial charge in [0, 0.05) is 20.5 Å². The summed E-state index contributed by atoms with van der Waals surface area (Å²) in [6.07, 6.45) is 1.50. The van der Waals surface area contributed by atoms with Crippen LogP contribution >= 0.6 is 0 Å². The highest BCUT2D eigenvalue weighted by Gasteiger charge is 2.02. The van der Waals surface area contributed by atoms with Gasteiger partial charge in [0.15, 0.2) is 0 Å². The van der Waals surface area contributed by atoms with Gasteiger partial charge in [-0.05, 0) is 26.2 Å². The quantitative estimate of drug-likeness (QED) is 0.602. The van der Waals surface area contributed by atoms with Crippen LogP contribution in [0.4, 0.5) is 0 Å². The smallest absolute Gasteiger partial charge is 0.222 e. The molecule has 17 heavy (non-hydrogen) atoms. The maximum atomic E-state index is 11.2. The van der Waals surface area contributed by atoms with Gasteiger partial charge in [-0.3, -0.25) is 4.79 Å². The molecule has 0 fully saturated rings. The lowest BCUT2D eigenvalue weighted by Gasteiger charge is -2.09. The molecule has 104 valence electrons. The molecule has 0 aliphatic heterocycles. The summed E-state index contributed by atoms with van der Waals surface area (Å²) in [5.74, 6) is 0.719. The van der Waals surface area contributed by atoms with Crippen molar-refractivity contribution in [3.8, 4) is 0 Å². The summed E-state index contributed by atoms with van der Waals surface area (Å²) in [4.78, 5) is 11.2. The third kappa shape index (κ3) is 13.3. The van der Waals surface area contributed by atoms with Crippen LogP contribution < -0.4 is 5.32 Å². The van der Waals surface area contributed by atoms with Gasteiger partial charge in [0.1, 0.15) is 0 Å². The Balaban J connectivity index is 0. The van der Waals surface area contributed by atoms with Gasteiger partial charge in [0.25, 0.3) is 0 Å². The molecule has 1 amide bonds. The summed E-state index contributed by atoms with van der Waals surface area (Å²) >= 11 is 0. The average molecular weight is 247 g/mol. The molecule has 0 heterocycles. The third-order valence-corrected chi connectivity index (χ3v) is 2.13. The summed E-state index contributed by atoms with van der Waals surface area (Å²) in [6, 6.07) is 0.196. The molecule has 0 atom stereocenters. The van der Waals surface area contributed by atoms with Crippen molar-refractivity contribution < 1.29 is 15.7 Å². The van der Waals surface area contributed by atoms with Crippen molar-refractivity contribution in [1.29, 1.82) is 0 Å². The summed E-state index contributed by atoms with van der Waals surface area (Å²) in [7, 11) is 0. The Morgan fingerprint density at radius 3 is 2.18 bits per heavy atom. The highest BCUT2D eigenvalue weighted by atomic mass is 16.5. The number of hydrogen-bond donors (Lipinski definition) is 1. The van der Waals surface area contributed by atoms with Crippen LogP contribution in [0.2, 0.25) is 0 Å². The van der Waals surface area contributed by atoms with Crippen molar-refractivity contribution in [1.82, 2.24) is 5.32 Å². The van der Waals surface area contributed by atoms with Gasteiger partial charge in [-0.25, -0.2) is 0 Å². The predicted molar refractivity (Wildman–Crippen MR) is 71.1 cm³/mol. The number of carbonyl (C=O) groups is 1. The molecule has 0 radical (unpaired) electrons. The second-order valence-electron chi connectivity index (χ2n) is 4.88. The van der Waals surface area contributed by atoms with Crippen molar-refractivity contribution in [2.45, 2.75) is 46.6 Å². The largest absolute Gasteiger partial charge is 0.379 e. The van der Waals surface area contributed by atoms with Gasteiger partial charge in [0.2, 0.25) is 5.91 Å². The minimum Gasteiger partial charge on any atom is -0.379 e. The monoisotopic (exact) mass is 247 g/mol. The van der Waals surface area contributed by atoms with Crippen LogP contribution in [0.15, 0.2) is 0 Å². The zero-order valence-electron chi connectivity index (χ0n) is 11.6. The van der Waals surface area contributed by atoms with Gasteiger partial charge >= 0.3 is 0 Å². The van der Waals surface area contributed by atoms with Crippen molar-refractivity contribution in [3.63, 3.8) is 0 Å². The molecule has 4 nitrogen and oxygen atoms in total. The van der Waals surface area contributed by atoms with Crippen LogP contribution in [0.25, 0.3) is 0 Å². The highest BCUT2D eigenvalue weighted by molar-refractivity contribution is 5.76. The van der Waals surface area contributed by atoms with Crippen molar-refractivity contribution in [3.05, 3.63) is 0 Å². The van der Waals surface area contributed by atoms with E-state index in [1.165, 1.54) is 0 Å². The normalized spacial score (nSPS) is 11.2. The van der Waals surface area contributed by atoms with E-state index in [0.717, 1.165) is 13.0 Å². The van der Waals surface area contributed by atoms with Gasteiger partial charge in [-0.1, -0.05) is 13.8 Å². The maximum Gasteiger partial charge on any atom is 0.222 e. The standard InChI is InChI=1S/C13H27NO3.H2/c1-11(2)5-7-16-9-10-17-8-6-13(15)14-12(3)4;/h11-12H,5-10H2,1-4H3,(H,14,15);1H. The van der Waals surface area contributed by atoms with E-state index < -0.39 is 0 Å². The van der Waals surface area contributed by atoms with E-state index in [9.17, 15) is 4.79 Å². The Morgan fingerprint density at radius 1 is 1.06 bits per heavy atom. The third-order valence-electron chi connectivity index (χ3n) is 2.13. The fraction of sp³-hybridized carbons (Fsp3) is 0.923. The van der Waals surface area contributed by atoms with Crippen molar-refractivity contribution >= 4 is 5.91 Å². The minimum absolute atomic E-state index is 0. The second-order valence-corrected chi connectivity index (χ2v) is 4.88. The highest BCUT2D eigenvalue weighted by Crippen LogP contribution is 1.98. The first-order chi connectivity index (χ1) is 8.02. The van der Waals surface area contributed by atoms with E-state index in [2.05, 4.69) is 19.2 Å². The van der Waals surface area contributed by atoms with Crippen LogP contribution in [0.3, 0.4) is 0 Å². The maximum absolute atomic E-state index is 11.2. The lowest BCUT2D eigenvalue weighted by molar-refractivity contribution is -0.122. The summed E-state index contributed by atoms with van der Waals surface area (Å²) in [5.41, 5.74) is 0. The van der Waals surface area contributed by atoms with Crippen LogP contribution in [-0.4, -0.2) is 38.4 Å². The van der Waals surface area contributed by atoms with Crippen LogP contribution in [-0.2, 0) is 14.3 Å². The molecular formula is C13H29NO3. The Kier molecular flexibility index (Phi) is 10.2. The molecule has 0 aliphatic carbocycles. The molecule has 0 unspecified atom stereocenters. The van der Waals surface area contributed by atoms with E-state index >= 15 is 0 Å². The van der Waals surface area contributed by atoms with E-state index in [-0.39, 0.29) is 13.4 Å². The fourth-order valence-electron chi connectivity index (χ4n) is 1.20. The average Bonchev–Trinajstić information content (AvgIpc) is 2.20. The molecule has 0 aromatic carbocycles. The first kappa shape index (κ1) is 16.4. The van der Waals surface area contributed by atoms with Crippen molar-refractivity contribution in [2.24, 2.45) is 5.92 Å². The van der Waals surface area contributed by atoms with Gasteiger partial charge in [0.05, 0.1) is 19.8 Å². The van der Waals surface area contributed by atoms with Crippen molar-refractivity contribution in [2.75, 3.05) is 26.4 Å². The zero-order chi connectivity index (χ0) is 13.1. The SMILES string of the molecule is CC(C)CCOCCOCCC(=O)NC(C)C.[HH]. The number of rotatable bonds is 10. The number of amides is 1. The molecule has 0 saturated carbocycles. The fourth-order valence-corrected chi connectivity index (χ4v) is 1.20. The topological polar surface area (TPSA) is 47.6 Å². The van der Waals surface area contributed by atoms with E-state index in [1.807, 2.05) is 13.8 Å². The van der Waals surface area contributed by atoms with E-state index in [1.54, 1.807) is 0 Å². The molecule has 0 aliphatic rings. The first-order valence-electron chi connectivity index (χ1n) is 6.47. The number of carbonyl (C=O) groups excluding carboxylic acids is 1. The summed E-state index contributed by atoms with van der Waals surface area (Å²) < 4.78 is 10.7. The molecule has 4 heteroatoms. The number of nitrogens with one attached hydrogen (secondary N) is 1. The van der Waals surface area contributed by atoms with Crippen LogP contribution in [0, 0.1) is 5.92 Å². The Morgan fingerprint density at radius 2 is 1.65 bits per heavy atom. The Bertz CT molecular complexity index is 199. The van der Waals surface area contributed by atoms with Crippen LogP contribution in [0.1, 0.15) is 42.0 Å². The van der Waals surface area contributed by atoms with E-state index in [0.29, 0.717) is 32.2 Å². The molecule has 0 saturated heterocycles. The molecular weight excluding hydrogens is 218 g/mol. The van der Waals surface area contributed by atoms with Crippen LogP contribution in [0.5, 0.6) is 0 Å². The predicted octanol–water partition coefficient (Wildman–Crippen LogP) is 2.23.